The maximum atomic E-state index is 13.3. The van der Waals surface area contributed by atoms with Crippen molar-refractivity contribution in [3.8, 4) is 11.4 Å². The van der Waals surface area contributed by atoms with E-state index in [-0.39, 0.29) is 22.4 Å². The van der Waals surface area contributed by atoms with Crippen LogP contribution in [0.5, 0.6) is 5.75 Å². The molecule has 1 fully saturated rings. The van der Waals surface area contributed by atoms with Crippen molar-refractivity contribution < 1.29 is 9.13 Å². The fraction of sp³-hybridized carbons (Fsp3) is 0.400. The second-order valence-corrected chi connectivity index (χ2v) is 9.38. The predicted molar refractivity (Wildman–Crippen MR) is 130 cm³/mol. The summed E-state index contributed by atoms with van der Waals surface area (Å²) in [7, 11) is 1.82. The molecule has 2 heterocycles. The Hall–Kier alpha value is -2.28. The summed E-state index contributed by atoms with van der Waals surface area (Å²) in [6, 6.07) is 13.3. The molecule has 0 saturated carbocycles. The van der Waals surface area contributed by atoms with Crippen LogP contribution >= 0.6 is 23.2 Å². The van der Waals surface area contributed by atoms with Gasteiger partial charge in [-0.3, -0.25) is 14.4 Å². The number of rotatable bonds is 7. The molecule has 1 aliphatic rings. The monoisotopic (exact) mass is 491 g/mol. The molecule has 0 radical (unpaired) electrons. The van der Waals surface area contributed by atoms with Crippen LogP contribution in [0.4, 0.5) is 4.39 Å². The minimum absolute atomic E-state index is 0.0110. The Kier molecular flexibility index (Phi) is 7.47. The summed E-state index contributed by atoms with van der Waals surface area (Å²) < 4.78 is 22.5. The van der Waals surface area contributed by atoms with Gasteiger partial charge in [-0.1, -0.05) is 23.2 Å². The molecule has 4 rings (SSSR count). The van der Waals surface area contributed by atoms with Gasteiger partial charge < -0.3 is 4.74 Å². The average molecular weight is 492 g/mol. The lowest BCUT2D eigenvalue weighted by atomic mass is 9.93. The van der Waals surface area contributed by atoms with Gasteiger partial charge in [0.1, 0.15) is 16.6 Å². The maximum absolute atomic E-state index is 13.3. The molecule has 0 bridgehead atoms. The normalized spacial score (nSPS) is 16.2. The third kappa shape index (κ3) is 5.29. The first kappa shape index (κ1) is 23.9. The van der Waals surface area contributed by atoms with E-state index in [2.05, 4.69) is 11.8 Å². The van der Waals surface area contributed by atoms with Crippen LogP contribution in [0.1, 0.15) is 37.9 Å². The quantitative estimate of drug-likeness (QED) is 0.415. The Labute approximate surface area is 203 Å². The number of hydrogen-bond acceptors (Lipinski definition) is 3. The van der Waals surface area contributed by atoms with Crippen molar-refractivity contribution in [1.29, 1.82) is 0 Å². The molecule has 33 heavy (non-hydrogen) atoms. The number of piperidine rings is 1. The molecule has 1 aliphatic heterocycles. The number of hydrogen-bond donors (Lipinski definition) is 0. The van der Waals surface area contributed by atoms with Crippen LogP contribution in [0.25, 0.3) is 5.69 Å². The molecule has 1 atom stereocenters. The lowest BCUT2D eigenvalue weighted by Crippen LogP contribution is -2.37. The van der Waals surface area contributed by atoms with Crippen molar-refractivity contribution in [2.75, 3.05) is 19.7 Å². The number of aromatic nitrogens is 2. The first-order valence-electron chi connectivity index (χ1n) is 11.2. The van der Waals surface area contributed by atoms with Gasteiger partial charge in [0.25, 0.3) is 5.56 Å². The number of nitrogens with zero attached hydrogens (tertiary/aromatic N) is 3. The first-order valence-corrected chi connectivity index (χ1v) is 12.0. The van der Waals surface area contributed by atoms with Gasteiger partial charge in [0.05, 0.1) is 24.0 Å². The molecular formula is C25H28Cl2FN3O2. The Bertz CT molecular complexity index is 1130. The van der Waals surface area contributed by atoms with Crippen LogP contribution in [-0.2, 0) is 7.05 Å². The molecule has 0 N–H and O–H groups in total. The van der Waals surface area contributed by atoms with E-state index in [0.717, 1.165) is 43.8 Å². The van der Waals surface area contributed by atoms with Crippen LogP contribution in [0.15, 0.2) is 53.3 Å². The molecule has 1 saturated heterocycles. The minimum atomic E-state index is -0.345. The molecule has 176 valence electrons. The summed E-state index contributed by atoms with van der Waals surface area (Å²) in [6.45, 7) is 4.63. The highest BCUT2D eigenvalue weighted by molar-refractivity contribution is 6.31. The molecule has 0 amide bonds. The molecule has 8 heteroatoms. The zero-order valence-corrected chi connectivity index (χ0v) is 20.3. The number of likely N-dealkylation sites (tertiary alicyclic amines) is 1. The highest BCUT2D eigenvalue weighted by Gasteiger charge is 2.29. The van der Waals surface area contributed by atoms with E-state index in [0.29, 0.717) is 23.2 Å². The van der Waals surface area contributed by atoms with Crippen LogP contribution in [-0.4, -0.2) is 34.0 Å². The van der Waals surface area contributed by atoms with Crippen LogP contribution in [0.2, 0.25) is 10.0 Å². The van der Waals surface area contributed by atoms with E-state index in [1.807, 2.05) is 31.3 Å². The van der Waals surface area contributed by atoms with Crippen molar-refractivity contribution >= 4 is 23.2 Å². The molecule has 0 aliphatic carbocycles. The van der Waals surface area contributed by atoms with Crippen molar-refractivity contribution in [1.82, 2.24) is 14.3 Å². The van der Waals surface area contributed by atoms with Crippen molar-refractivity contribution in [2.45, 2.75) is 32.2 Å². The molecule has 1 unspecified atom stereocenters. The Balaban J connectivity index is 1.37. The maximum Gasteiger partial charge on any atom is 0.290 e. The highest BCUT2D eigenvalue weighted by Crippen LogP contribution is 2.31. The van der Waals surface area contributed by atoms with Gasteiger partial charge in [-0.2, -0.15) is 0 Å². The molecule has 0 spiro atoms. The third-order valence-electron chi connectivity index (χ3n) is 6.53. The molecule has 5 nitrogen and oxygen atoms in total. The zero-order valence-electron chi connectivity index (χ0n) is 18.8. The highest BCUT2D eigenvalue weighted by atomic mass is 35.5. The SMILES string of the molecule is CC(c1c(Cl)c(=O)n(-c2ccc(F)cc2)n1C)N1CCC(CCOc2ccc(Cl)cc2)CC1. The Morgan fingerprint density at radius 2 is 1.70 bits per heavy atom. The lowest BCUT2D eigenvalue weighted by Gasteiger charge is -2.36. The summed E-state index contributed by atoms with van der Waals surface area (Å²) in [4.78, 5) is 15.2. The second-order valence-electron chi connectivity index (χ2n) is 8.56. The number of benzene rings is 2. The largest absolute Gasteiger partial charge is 0.494 e. The van der Waals surface area contributed by atoms with Crippen LogP contribution < -0.4 is 10.3 Å². The average Bonchev–Trinajstić information content (AvgIpc) is 3.04. The Morgan fingerprint density at radius 1 is 1.06 bits per heavy atom. The van der Waals surface area contributed by atoms with E-state index in [4.69, 9.17) is 27.9 Å². The third-order valence-corrected chi connectivity index (χ3v) is 7.13. The zero-order chi connectivity index (χ0) is 23.5. The van der Waals surface area contributed by atoms with Crippen molar-refractivity contribution in [3.05, 3.63) is 80.4 Å². The van der Waals surface area contributed by atoms with Crippen LogP contribution in [0.3, 0.4) is 0 Å². The van der Waals surface area contributed by atoms with E-state index in [1.54, 1.807) is 16.8 Å². The minimum Gasteiger partial charge on any atom is -0.494 e. The standard InChI is InChI=1S/C25H28Cl2FN3O2/c1-17(24-23(27)25(32)31(29(24)2)21-7-5-20(28)6-8-21)30-14-11-18(12-15-30)13-16-33-22-9-3-19(26)4-10-22/h3-10,17-18H,11-16H2,1-2H3. The summed E-state index contributed by atoms with van der Waals surface area (Å²) in [6.07, 6.45) is 3.14. The predicted octanol–water partition coefficient (Wildman–Crippen LogP) is 5.86. The van der Waals surface area contributed by atoms with Gasteiger partial charge in [0.2, 0.25) is 0 Å². The molecule has 3 aromatic rings. The molecule has 1 aromatic heterocycles. The Morgan fingerprint density at radius 3 is 2.33 bits per heavy atom. The van der Waals surface area contributed by atoms with Gasteiger partial charge in [-0.25, -0.2) is 9.07 Å². The van der Waals surface area contributed by atoms with Gasteiger partial charge in [-0.15, -0.1) is 0 Å². The van der Waals surface area contributed by atoms with E-state index in [1.165, 1.54) is 16.8 Å². The summed E-state index contributed by atoms with van der Waals surface area (Å²) in [5.41, 5.74) is 1.07. The van der Waals surface area contributed by atoms with E-state index in [9.17, 15) is 9.18 Å². The van der Waals surface area contributed by atoms with Gasteiger partial charge in [0, 0.05) is 12.1 Å². The first-order chi connectivity index (χ1) is 15.8. The molecular weight excluding hydrogens is 464 g/mol. The fourth-order valence-electron chi connectivity index (χ4n) is 4.59. The second kappa shape index (κ2) is 10.3. The summed E-state index contributed by atoms with van der Waals surface area (Å²) in [5, 5.41) is 0.919. The van der Waals surface area contributed by atoms with Gasteiger partial charge >= 0.3 is 0 Å². The van der Waals surface area contributed by atoms with Crippen LogP contribution in [0, 0.1) is 11.7 Å². The van der Waals surface area contributed by atoms with Crippen molar-refractivity contribution in [3.63, 3.8) is 0 Å². The summed E-state index contributed by atoms with van der Waals surface area (Å²) in [5.74, 6) is 1.10. The lowest BCUT2D eigenvalue weighted by molar-refractivity contribution is 0.124. The number of halogens is 3. The summed E-state index contributed by atoms with van der Waals surface area (Å²) >= 11 is 12.4. The fourth-order valence-corrected chi connectivity index (χ4v) is 5.08. The van der Waals surface area contributed by atoms with Gasteiger partial charge in [0.15, 0.2) is 0 Å². The van der Waals surface area contributed by atoms with Crippen molar-refractivity contribution in [2.24, 2.45) is 13.0 Å². The van der Waals surface area contributed by atoms with Gasteiger partial charge in [-0.05, 0) is 93.7 Å². The number of ether oxygens (including phenoxy) is 1. The smallest absolute Gasteiger partial charge is 0.290 e. The van der Waals surface area contributed by atoms with E-state index < -0.39 is 0 Å². The van der Waals surface area contributed by atoms with E-state index >= 15 is 0 Å². The topological polar surface area (TPSA) is 39.4 Å². The molecule has 2 aromatic carbocycles.